The Balaban J connectivity index is 0.571. The Morgan fingerprint density at radius 3 is 1.42 bits per heavy atom. The van der Waals surface area contributed by atoms with Crippen molar-refractivity contribution in [1.29, 1.82) is 0 Å². The van der Waals surface area contributed by atoms with Crippen molar-refractivity contribution in [3.63, 3.8) is 0 Å². The molecule has 9 aliphatic heterocycles. The summed E-state index contributed by atoms with van der Waals surface area (Å²) in [6, 6.07) is 21.9. The monoisotopic (exact) mass is 1790 g/mol. The molecule has 24 rings (SSSR count). The molecule has 25 nitrogen and oxygen atoms in total. The number of piperazine rings is 3. The highest BCUT2D eigenvalue weighted by molar-refractivity contribution is 6.07. The summed E-state index contributed by atoms with van der Waals surface area (Å²) in [7, 11) is 0. The Bertz CT molecular complexity index is 6900. The Morgan fingerprint density at radius 1 is 0.424 bits per heavy atom. The Labute approximate surface area is 756 Å². The topological polar surface area (TPSA) is 273 Å². The molecule has 12 aromatic rings. The third-order valence-electron chi connectivity index (χ3n) is 30.6. The fraction of sp³-hybridized carbons (Fsp3) is 0.446. The molecule has 0 amide bonds. The highest BCUT2D eigenvalue weighted by atomic mass is 19.2. The van der Waals surface area contributed by atoms with E-state index in [1.165, 1.54) is 42.5 Å². The summed E-state index contributed by atoms with van der Waals surface area (Å²) in [4.78, 5) is 64.1. The molecule has 12 fully saturated rings. The van der Waals surface area contributed by atoms with Crippen molar-refractivity contribution in [2.75, 3.05) is 133 Å². The number of benzene rings is 6. The molecule has 3 aliphatic carbocycles. The highest BCUT2D eigenvalue weighted by Gasteiger charge is 2.60. The third kappa shape index (κ3) is 14.9. The summed E-state index contributed by atoms with van der Waals surface area (Å²) in [5, 5.41) is 50.2. The molecule has 6 aromatic carbocycles. The van der Waals surface area contributed by atoms with Gasteiger partial charge in [-0.15, -0.1) is 19.3 Å². The number of hydrogen-bond acceptors (Lipinski definition) is 25. The minimum Gasteiger partial charge on any atom is -0.508 e. The second-order valence-corrected chi connectivity index (χ2v) is 39.6. The van der Waals surface area contributed by atoms with Gasteiger partial charge in [0.25, 0.3) is 0 Å². The van der Waals surface area contributed by atoms with E-state index in [2.05, 4.69) is 63.1 Å². The van der Waals surface area contributed by atoms with Crippen molar-refractivity contribution in [1.82, 2.24) is 80.5 Å². The number of nitrogens with zero attached hydrogens (tertiary/aromatic N) is 16. The molecule has 12 aliphatic rings. The van der Waals surface area contributed by atoms with Crippen LogP contribution >= 0.6 is 0 Å². The molecule has 0 spiro atoms. The van der Waals surface area contributed by atoms with E-state index in [-0.39, 0.29) is 143 Å². The number of aromatic nitrogens is 10. The van der Waals surface area contributed by atoms with Crippen molar-refractivity contribution in [3.05, 3.63) is 137 Å². The molecule has 9 saturated heterocycles. The first-order valence-electron chi connectivity index (χ1n) is 46.4. The summed E-state index contributed by atoms with van der Waals surface area (Å²) < 4.78 is 117. The van der Waals surface area contributed by atoms with Gasteiger partial charge < -0.3 is 60.2 Å². The second-order valence-electron chi connectivity index (χ2n) is 39.6. The number of nitrogens with one attached hydrogen (secondary N) is 3. The van der Waals surface area contributed by atoms with Crippen LogP contribution in [0.1, 0.15) is 123 Å². The van der Waals surface area contributed by atoms with E-state index in [0.29, 0.717) is 229 Å². The van der Waals surface area contributed by atoms with Crippen molar-refractivity contribution >= 4 is 82.9 Å². The van der Waals surface area contributed by atoms with E-state index in [1.807, 2.05) is 12.1 Å². The Kier molecular flexibility index (Phi) is 20.1. The number of terminal acetylenes is 3. The predicted octanol–water partition coefficient (Wildman–Crippen LogP) is 13.3. The van der Waals surface area contributed by atoms with Gasteiger partial charge in [0.1, 0.15) is 70.4 Å². The van der Waals surface area contributed by atoms with Crippen LogP contribution in [0, 0.1) is 70.7 Å². The van der Waals surface area contributed by atoms with Crippen molar-refractivity contribution in [2.24, 2.45) is 16.2 Å². The van der Waals surface area contributed by atoms with Gasteiger partial charge in [0.05, 0.1) is 58.5 Å². The number of phenolic OH excluding ortho intramolecular Hbond substituents is 3. The van der Waals surface area contributed by atoms with E-state index in [1.54, 1.807) is 36.7 Å². The van der Waals surface area contributed by atoms with Gasteiger partial charge in [0.15, 0.2) is 22.9 Å². The number of pyridine rings is 2. The summed E-state index contributed by atoms with van der Waals surface area (Å²) in [5.41, 5.74) is 2.41. The van der Waals surface area contributed by atoms with Gasteiger partial charge in [-0.25, -0.2) is 41.3 Å². The number of hydrogen-bond donors (Lipinski definition) is 6. The maximum atomic E-state index is 17.7. The molecule has 10 unspecified atom stereocenters. The lowest BCUT2D eigenvalue weighted by molar-refractivity contribution is 0.160. The molecule has 3 saturated carbocycles. The zero-order valence-electron chi connectivity index (χ0n) is 72.7. The first-order valence-corrected chi connectivity index (χ1v) is 46.4. The molecule has 0 radical (unpaired) electrons. The number of ether oxygens (including phenoxy) is 3. The molecular formula is C101H97F6N19O6. The van der Waals surface area contributed by atoms with Gasteiger partial charge in [0, 0.05) is 196 Å². The van der Waals surface area contributed by atoms with Gasteiger partial charge in [-0.05, 0) is 201 Å². The molecule has 15 heterocycles. The van der Waals surface area contributed by atoms with E-state index in [9.17, 15) is 19.7 Å². The molecule has 13 atom stereocenters. The van der Waals surface area contributed by atoms with Crippen molar-refractivity contribution < 1.29 is 55.9 Å². The second kappa shape index (κ2) is 32.0. The number of aromatic hydroxyl groups is 3. The molecule has 6 aromatic heterocycles. The van der Waals surface area contributed by atoms with Gasteiger partial charge >= 0.3 is 18.0 Å². The van der Waals surface area contributed by atoms with Crippen LogP contribution in [0.3, 0.4) is 0 Å². The van der Waals surface area contributed by atoms with Crippen LogP contribution in [0.2, 0.25) is 0 Å². The number of likely N-dealkylation sites (tertiary alicyclic amines) is 3. The average Bonchev–Trinajstić information content (AvgIpc) is 1.56. The zero-order chi connectivity index (χ0) is 89.5. The third-order valence-corrected chi connectivity index (χ3v) is 30.6. The molecule has 132 heavy (non-hydrogen) atoms. The molecule has 6 bridgehead atoms. The fourth-order valence-electron chi connectivity index (χ4n) is 23.8. The van der Waals surface area contributed by atoms with Crippen LogP contribution in [-0.4, -0.2) is 253 Å². The van der Waals surface area contributed by atoms with Gasteiger partial charge in [-0.1, -0.05) is 23.8 Å². The van der Waals surface area contributed by atoms with Crippen LogP contribution in [0.25, 0.3) is 99.2 Å². The van der Waals surface area contributed by atoms with E-state index >= 15 is 22.0 Å². The Morgan fingerprint density at radius 2 is 0.894 bits per heavy atom. The van der Waals surface area contributed by atoms with Crippen LogP contribution in [0.15, 0.2) is 91.3 Å². The molecule has 6 N–H and O–H groups in total. The fourth-order valence-corrected chi connectivity index (χ4v) is 23.8. The standard InChI is InChI=1S/C101H97F6N19O6/c1-4-67-81(105)15-7-53-25-64(127)27-71(86(53)67)54-26-85-89(108-36-54)95(126-45-62-12-13-63(46-126)112-62)120-96(114-85)131-51-100(48-122-23-18-56(103)39-122)34-79(100)72-32-82(106)68(5-2)87-74(72)28-65(128)30-76(87)84-16-14-70-91(113-84)116-98(118-93(70)124-41-58-8-9-59(42-124)110-58)132-52-101(49-123-24-19-57(104)40-123)35-80(101)73-33-83(107)69(6-3)88-75(73)29-66(129)31-77(88)90-109-37-78-92(115-90)117-97(119-94(78)125-43-60-10-11-61(44-125)111-60)130-50-99(20-21-99)47-121-22-17-55(102)38-121/h1-3,7,14-16,25-33,36-37,55-63,79-80,110-112,127-129H,8-13,17-24,34-35,38-52H2/t55-,56-,57-,58?,59?,60?,61?,62?,63?,79?,80?,100?,101?/m1/s1. The summed E-state index contributed by atoms with van der Waals surface area (Å²) in [6.07, 6.45) is 28.9. The summed E-state index contributed by atoms with van der Waals surface area (Å²) in [6.45, 7) is 8.00. The lowest BCUT2D eigenvalue weighted by Crippen LogP contribution is -2.51. The summed E-state index contributed by atoms with van der Waals surface area (Å²) in [5.74, 6) is 6.43. The number of phenols is 3. The highest BCUT2D eigenvalue weighted by Crippen LogP contribution is 2.64. The van der Waals surface area contributed by atoms with E-state index < -0.39 is 58.6 Å². The molecular weight excluding hydrogens is 1690 g/mol. The van der Waals surface area contributed by atoms with Crippen molar-refractivity contribution in [3.8, 4) is 106 Å². The number of halogens is 6. The zero-order valence-corrected chi connectivity index (χ0v) is 72.7. The van der Waals surface area contributed by atoms with Gasteiger partial charge in [-0.3, -0.25) is 19.7 Å². The minimum atomic E-state index is -1.08. The van der Waals surface area contributed by atoms with Crippen LogP contribution in [-0.2, 0) is 0 Å². The maximum Gasteiger partial charge on any atom is 0.320 e. The molecule has 31 heteroatoms. The van der Waals surface area contributed by atoms with Gasteiger partial charge in [0.2, 0.25) is 0 Å². The quantitative estimate of drug-likeness (QED) is 0.0256. The minimum absolute atomic E-state index is 0.000685. The summed E-state index contributed by atoms with van der Waals surface area (Å²) >= 11 is 0. The van der Waals surface area contributed by atoms with Crippen LogP contribution in [0.4, 0.5) is 43.8 Å². The largest absolute Gasteiger partial charge is 0.508 e. The first kappa shape index (κ1) is 82.8. The Hall–Kier alpha value is -12.3. The smallest absolute Gasteiger partial charge is 0.320 e. The van der Waals surface area contributed by atoms with E-state index in [0.717, 1.165) is 51.4 Å². The van der Waals surface area contributed by atoms with Crippen molar-refractivity contribution in [2.45, 2.75) is 150 Å². The first-order chi connectivity index (χ1) is 64.1. The number of fused-ring (bicyclic) bond motifs is 12. The van der Waals surface area contributed by atoms with Crippen LogP contribution in [0.5, 0.6) is 35.3 Å². The lowest BCUT2D eigenvalue weighted by Gasteiger charge is -2.34. The average molecular weight is 1790 g/mol. The lowest BCUT2D eigenvalue weighted by atomic mass is 9.89. The number of rotatable bonds is 23. The predicted molar refractivity (Wildman–Crippen MR) is 489 cm³/mol. The van der Waals surface area contributed by atoms with Gasteiger partial charge in [-0.2, -0.15) is 29.9 Å². The van der Waals surface area contributed by atoms with E-state index in [4.69, 9.17) is 83.3 Å². The maximum absolute atomic E-state index is 17.7. The normalized spacial score (nSPS) is 27.1. The number of anilines is 3. The number of alkyl halides is 3. The van der Waals surface area contributed by atoms with Crippen LogP contribution < -0.4 is 44.9 Å². The molecule has 674 valence electrons. The SMILES string of the molecule is C#Cc1c(F)ccc2cc(O)cc(-c3cnc4c(N5CC6CCC(C5)N6)nc(OCC5(CN6CC[C@@H](F)C6)CC5c5cc(F)c(C#C)c6c(-c7ccc8c(N9CC%10CCC(C9)N%10)nc(OCC9(CN%10CC[C@@H](F)C%10)CC9c9cc(F)c(C#C)c%10c(-c%11ncc%12c(N%13CC%14CCC(C%13)N%14)nc(OCC%13(CN%14CC[C@@H](F)C%14)CC%13)nc%12n%11)cc(O)cc9%10)nc8n7)cc(O)cc56)nc4c3)c12.